The van der Waals surface area contributed by atoms with Crippen molar-refractivity contribution in [3.8, 4) is 11.5 Å². The number of aromatic nitrogens is 1. The molecular weight excluding hydrogens is 338 g/mol. The third-order valence-corrected chi connectivity index (χ3v) is 3.97. The molecule has 0 fully saturated rings. The Hall–Kier alpha value is -3.32. The molecule has 0 aliphatic heterocycles. The summed E-state index contributed by atoms with van der Waals surface area (Å²) < 4.78 is 10.9. The summed E-state index contributed by atoms with van der Waals surface area (Å²) in [7, 11) is 1.58. The predicted molar refractivity (Wildman–Crippen MR) is 94.5 cm³/mol. The van der Waals surface area contributed by atoms with Crippen LogP contribution in [0.3, 0.4) is 0 Å². The summed E-state index contributed by atoms with van der Waals surface area (Å²) in [6.45, 7) is 0.247. The van der Waals surface area contributed by atoms with Crippen LogP contribution in [0.4, 0.5) is 0 Å². The number of benzene rings is 2. The lowest BCUT2D eigenvalue weighted by molar-refractivity contribution is -0.146. The predicted octanol–water partition coefficient (Wildman–Crippen LogP) is 2.23. The smallest absolute Gasteiger partial charge is 0.337 e. The van der Waals surface area contributed by atoms with E-state index in [1.54, 1.807) is 7.11 Å². The molecular formula is C19H17NO6. The first kappa shape index (κ1) is 17.5. The number of hydrogen-bond donors (Lipinski definition) is 3. The van der Waals surface area contributed by atoms with Gasteiger partial charge in [-0.25, -0.2) is 4.79 Å². The summed E-state index contributed by atoms with van der Waals surface area (Å²) in [5, 5.41) is 19.3. The Morgan fingerprint density at radius 1 is 1.12 bits per heavy atom. The Morgan fingerprint density at radius 3 is 2.50 bits per heavy atom. The average molecular weight is 355 g/mol. The van der Waals surface area contributed by atoms with E-state index in [0.29, 0.717) is 16.7 Å². The van der Waals surface area contributed by atoms with Gasteiger partial charge in [0.1, 0.15) is 18.1 Å². The second-order valence-electron chi connectivity index (χ2n) is 5.64. The minimum Gasteiger partial charge on any atom is -0.497 e. The number of rotatable bonds is 6. The third-order valence-electron chi connectivity index (χ3n) is 3.97. The number of aliphatic hydroxyl groups excluding tert-OH is 1. The van der Waals surface area contributed by atoms with Crippen molar-refractivity contribution in [1.82, 2.24) is 4.98 Å². The molecule has 0 aliphatic carbocycles. The van der Waals surface area contributed by atoms with Gasteiger partial charge >= 0.3 is 5.97 Å². The highest BCUT2D eigenvalue weighted by atomic mass is 16.5. The monoisotopic (exact) mass is 355 g/mol. The number of aliphatic carboxylic acids is 1. The second kappa shape index (κ2) is 7.28. The van der Waals surface area contributed by atoms with Crippen LogP contribution in [0.5, 0.6) is 11.5 Å². The minimum absolute atomic E-state index is 0.181. The fourth-order valence-electron chi connectivity index (χ4n) is 2.62. The summed E-state index contributed by atoms with van der Waals surface area (Å²) >= 11 is 0. The van der Waals surface area contributed by atoms with Crippen LogP contribution in [0.1, 0.15) is 17.2 Å². The number of hydrogen-bond acceptors (Lipinski definition) is 5. The molecule has 3 aromatic rings. The maximum absolute atomic E-state index is 11.7. The van der Waals surface area contributed by atoms with Crippen molar-refractivity contribution in [1.29, 1.82) is 0 Å². The number of carboxylic acids is 1. The first-order valence-corrected chi connectivity index (χ1v) is 7.82. The van der Waals surface area contributed by atoms with Crippen molar-refractivity contribution in [3.05, 3.63) is 70.0 Å². The molecule has 2 aromatic carbocycles. The zero-order valence-electron chi connectivity index (χ0n) is 13.9. The standard InChI is InChI=1S/C19H17NO6/c1-25-12-4-2-11(3-5-12)10-26-15-8-6-14(18(22)19(23)24)13-7-9-16(21)20-17(13)15/h2-9,18,22H,10H2,1H3,(H,20,21)(H,23,24). The second-order valence-corrected chi connectivity index (χ2v) is 5.64. The summed E-state index contributed by atoms with van der Waals surface area (Å²) in [6.07, 6.45) is -1.70. The lowest BCUT2D eigenvalue weighted by atomic mass is 10.0. The summed E-state index contributed by atoms with van der Waals surface area (Å²) in [4.78, 5) is 25.4. The number of H-pyrrole nitrogens is 1. The fourth-order valence-corrected chi connectivity index (χ4v) is 2.62. The van der Waals surface area contributed by atoms with Gasteiger partial charge in [-0.15, -0.1) is 0 Å². The molecule has 0 amide bonds. The highest BCUT2D eigenvalue weighted by Gasteiger charge is 2.20. The van der Waals surface area contributed by atoms with E-state index in [-0.39, 0.29) is 17.7 Å². The van der Waals surface area contributed by atoms with E-state index in [1.807, 2.05) is 24.3 Å². The number of carbonyl (C=O) groups is 1. The molecule has 0 bridgehead atoms. The molecule has 7 nitrogen and oxygen atoms in total. The van der Waals surface area contributed by atoms with Gasteiger partial charge in [0.25, 0.3) is 0 Å². The van der Waals surface area contributed by atoms with Crippen LogP contribution in [-0.2, 0) is 11.4 Å². The van der Waals surface area contributed by atoms with Gasteiger partial charge in [-0.05, 0) is 29.8 Å². The zero-order chi connectivity index (χ0) is 18.7. The maximum atomic E-state index is 11.7. The van der Waals surface area contributed by atoms with Gasteiger partial charge in [0.15, 0.2) is 6.10 Å². The van der Waals surface area contributed by atoms with Crippen LogP contribution >= 0.6 is 0 Å². The molecule has 1 heterocycles. The van der Waals surface area contributed by atoms with Gasteiger partial charge in [0, 0.05) is 17.0 Å². The Kier molecular flexibility index (Phi) is 4.90. The van der Waals surface area contributed by atoms with E-state index in [1.165, 1.54) is 24.3 Å². The number of aliphatic hydroxyl groups is 1. The highest BCUT2D eigenvalue weighted by molar-refractivity contribution is 5.91. The van der Waals surface area contributed by atoms with Crippen LogP contribution in [0, 0.1) is 0 Å². The summed E-state index contributed by atoms with van der Waals surface area (Å²) in [5.74, 6) is -0.255. The first-order chi connectivity index (χ1) is 12.5. The number of carboxylic acid groups (broad SMARTS) is 1. The molecule has 0 radical (unpaired) electrons. The normalized spacial score (nSPS) is 11.9. The molecule has 3 rings (SSSR count). The first-order valence-electron chi connectivity index (χ1n) is 7.82. The number of methoxy groups -OCH3 is 1. The Labute approximate surface area is 148 Å². The van der Waals surface area contributed by atoms with Crippen molar-refractivity contribution in [3.63, 3.8) is 0 Å². The molecule has 26 heavy (non-hydrogen) atoms. The molecule has 7 heteroatoms. The van der Waals surface area contributed by atoms with Crippen LogP contribution in [-0.4, -0.2) is 28.3 Å². The van der Waals surface area contributed by atoms with Crippen molar-refractivity contribution in [2.24, 2.45) is 0 Å². The van der Waals surface area contributed by atoms with Crippen molar-refractivity contribution >= 4 is 16.9 Å². The van der Waals surface area contributed by atoms with Gasteiger partial charge in [-0.2, -0.15) is 0 Å². The molecule has 0 saturated heterocycles. The molecule has 0 aliphatic rings. The van der Waals surface area contributed by atoms with E-state index in [9.17, 15) is 14.7 Å². The lowest BCUT2D eigenvalue weighted by Gasteiger charge is -2.14. The Bertz CT molecular complexity index is 993. The van der Waals surface area contributed by atoms with Crippen molar-refractivity contribution in [2.45, 2.75) is 12.7 Å². The average Bonchev–Trinajstić information content (AvgIpc) is 2.65. The molecule has 134 valence electrons. The van der Waals surface area contributed by atoms with Gasteiger partial charge < -0.3 is 24.7 Å². The van der Waals surface area contributed by atoms with Crippen LogP contribution in [0.25, 0.3) is 10.9 Å². The molecule has 1 atom stereocenters. The van der Waals surface area contributed by atoms with E-state index in [0.717, 1.165) is 11.3 Å². The Balaban J connectivity index is 1.95. The zero-order valence-corrected chi connectivity index (χ0v) is 13.9. The van der Waals surface area contributed by atoms with Crippen molar-refractivity contribution < 1.29 is 24.5 Å². The summed E-state index contributed by atoms with van der Waals surface area (Å²) in [5.41, 5.74) is 1.06. The number of nitrogens with one attached hydrogen (secondary N) is 1. The van der Waals surface area contributed by atoms with Gasteiger partial charge in [0.05, 0.1) is 12.6 Å². The SMILES string of the molecule is COc1ccc(COc2ccc(C(O)C(=O)O)c3ccc(=O)[nH]c23)cc1. The van der Waals surface area contributed by atoms with Gasteiger partial charge in [0.2, 0.25) is 5.56 Å². The number of pyridine rings is 1. The molecule has 1 unspecified atom stereocenters. The number of aromatic amines is 1. The molecule has 1 aromatic heterocycles. The van der Waals surface area contributed by atoms with E-state index in [4.69, 9.17) is 14.6 Å². The van der Waals surface area contributed by atoms with Crippen LogP contribution in [0.2, 0.25) is 0 Å². The molecule has 0 spiro atoms. The van der Waals surface area contributed by atoms with Gasteiger partial charge in [-0.1, -0.05) is 18.2 Å². The highest BCUT2D eigenvalue weighted by Crippen LogP contribution is 2.30. The Morgan fingerprint density at radius 2 is 1.85 bits per heavy atom. The molecule has 0 saturated carbocycles. The lowest BCUT2D eigenvalue weighted by Crippen LogP contribution is -2.12. The van der Waals surface area contributed by atoms with Gasteiger partial charge in [-0.3, -0.25) is 4.79 Å². The van der Waals surface area contributed by atoms with Crippen LogP contribution < -0.4 is 15.0 Å². The van der Waals surface area contributed by atoms with Crippen LogP contribution in [0.15, 0.2) is 53.3 Å². The number of ether oxygens (including phenoxy) is 2. The minimum atomic E-state index is -1.70. The largest absolute Gasteiger partial charge is 0.497 e. The topological polar surface area (TPSA) is 109 Å². The van der Waals surface area contributed by atoms with E-state index in [2.05, 4.69) is 4.98 Å². The number of fused-ring (bicyclic) bond motifs is 1. The van der Waals surface area contributed by atoms with E-state index >= 15 is 0 Å². The third kappa shape index (κ3) is 3.52. The fraction of sp³-hybridized carbons (Fsp3) is 0.158. The maximum Gasteiger partial charge on any atom is 0.337 e. The van der Waals surface area contributed by atoms with E-state index < -0.39 is 12.1 Å². The quantitative estimate of drug-likeness (QED) is 0.626. The molecule has 3 N–H and O–H groups in total. The van der Waals surface area contributed by atoms with Crippen molar-refractivity contribution in [2.75, 3.05) is 7.11 Å². The summed E-state index contributed by atoms with van der Waals surface area (Å²) in [6, 6.07) is 13.1.